The first-order chi connectivity index (χ1) is 15.1. The molecule has 160 valence electrons. The lowest BCUT2D eigenvalue weighted by Crippen LogP contribution is -2.33. The van der Waals surface area contributed by atoms with Crippen LogP contribution in [0.5, 0.6) is 0 Å². The third-order valence-electron chi connectivity index (χ3n) is 6.94. The smallest absolute Gasteiger partial charge is 0.269 e. The van der Waals surface area contributed by atoms with Crippen LogP contribution < -0.4 is 5.32 Å². The molecule has 3 atom stereocenters. The molecule has 0 unspecified atom stereocenters. The van der Waals surface area contributed by atoms with Crippen molar-refractivity contribution in [1.82, 2.24) is 4.90 Å². The number of nitro benzene ring substituents is 1. The second kappa shape index (κ2) is 8.17. The third-order valence-corrected chi connectivity index (χ3v) is 6.94. The molecule has 2 aromatic carbocycles. The molecule has 1 aliphatic carbocycles. The van der Waals surface area contributed by atoms with E-state index in [1.165, 1.54) is 18.9 Å². The zero-order valence-corrected chi connectivity index (χ0v) is 17.5. The summed E-state index contributed by atoms with van der Waals surface area (Å²) in [4.78, 5) is 26.1. The number of amides is 1. The molecular formula is C25H27N3O3. The molecule has 0 spiro atoms. The molecular weight excluding hydrogens is 390 g/mol. The summed E-state index contributed by atoms with van der Waals surface area (Å²) >= 11 is 0. The summed E-state index contributed by atoms with van der Waals surface area (Å²) in [5, 5.41) is 14.9. The van der Waals surface area contributed by atoms with E-state index < -0.39 is 0 Å². The molecule has 0 aromatic heterocycles. The highest BCUT2D eigenvalue weighted by Crippen LogP contribution is 2.50. The zero-order chi connectivity index (χ0) is 21.4. The molecule has 1 fully saturated rings. The number of likely N-dealkylation sites (tertiary alicyclic amines) is 1. The Hall–Kier alpha value is -3.15. The monoisotopic (exact) mass is 417 g/mol. The highest BCUT2D eigenvalue weighted by molar-refractivity contribution is 5.95. The number of nitrogens with zero attached hydrogens (tertiary/aromatic N) is 2. The fourth-order valence-corrected chi connectivity index (χ4v) is 5.35. The first-order valence-corrected chi connectivity index (χ1v) is 11.2. The molecule has 6 nitrogen and oxygen atoms in total. The van der Waals surface area contributed by atoms with Crippen LogP contribution >= 0.6 is 0 Å². The Kier molecular flexibility index (Phi) is 5.22. The van der Waals surface area contributed by atoms with Crippen LogP contribution in [0.2, 0.25) is 0 Å². The maximum atomic E-state index is 13.1. The van der Waals surface area contributed by atoms with Crippen LogP contribution in [0, 0.1) is 16.0 Å². The van der Waals surface area contributed by atoms with Crippen molar-refractivity contribution in [3.63, 3.8) is 0 Å². The van der Waals surface area contributed by atoms with Gasteiger partial charge in [-0.25, -0.2) is 0 Å². The number of rotatable bonds is 3. The molecule has 0 bridgehead atoms. The largest absolute Gasteiger partial charge is 0.378 e. The van der Waals surface area contributed by atoms with Crippen LogP contribution in [-0.2, 0) is 0 Å². The number of carbonyl (C=O) groups is 1. The van der Waals surface area contributed by atoms with Crippen LogP contribution in [0.4, 0.5) is 11.4 Å². The molecule has 5 rings (SSSR count). The molecule has 1 saturated heterocycles. The van der Waals surface area contributed by atoms with Gasteiger partial charge in [0.1, 0.15) is 0 Å². The molecule has 0 radical (unpaired) electrons. The number of nitro groups is 1. The van der Waals surface area contributed by atoms with Crippen LogP contribution in [0.15, 0.2) is 54.6 Å². The Morgan fingerprint density at radius 3 is 2.65 bits per heavy atom. The average Bonchev–Trinajstić information content (AvgIpc) is 3.13. The van der Waals surface area contributed by atoms with E-state index >= 15 is 0 Å². The van der Waals surface area contributed by atoms with Gasteiger partial charge in [0.05, 0.1) is 11.0 Å². The van der Waals surface area contributed by atoms with E-state index in [-0.39, 0.29) is 34.4 Å². The molecule has 2 aromatic rings. The van der Waals surface area contributed by atoms with Crippen molar-refractivity contribution >= 4 is 17.3 Å². The van der Waals surface area contributed by atoms with E-state index in [2.05, 4.69) is 23.5 Å². The SMILES string of the molecule is O=C(c1ccc2c(c1)[C@@H]1C=CC[C@@H]1[C@@H](c1cccc([N+](=O)[O-])c1)N2)N1CCCCCC1. The van der Waals surface area contributed by atoms with Gasteiger partial charge in [-0.3, -0.25) is 14.9 Å². The summed E-state index contributed by atoms with van der Waals surface area (Å²) in [5.41, 5.74) is 3.97. The van der Waals surface area contributed by atoms with Crippen LogP contribution in [0.1, 0.15) is 65.5 Å². The van der Waals surface area contributed by atoms with Crippen LogP contribution in [0.25, 0.3) is 0 Å². The van der Waals surface area contributed by atoms with E-state index in [0.29, 0.717) is 0 Å². The Balaban J connectivity index is 1.46. The number of allylic oxidation sites excluding steroid dienone is 2. The van der Waals surface area contributed by atoms with Crippen molar-refractivity contribution < 1.29 is 9.72 Å². The Morgan fingerprint density at radius 2 is 1.87 bits per heavy atom. The quantitative estimate of drug-likeness (QED) is 0.410. The van der Waals surface area contributed by atoms with Gasteiger partial charge in [0.15, 0.2) is 0 Å². The van der Waals surface area contributed by atoms with Gasteiger partial charge in [-0.2, -0.15) is 0 Å². The highest BCUT2D eigenvalue weighted by atomic mass is 16.6. The van der Waals surface area contributed by atoms with Gasteiger partial charge >= 0.3 is 0 Å². The zero-order valence-electron chi connectivity index (χ0n) is 17.5. The van der Waals surface area contributed by atoms with E-state index in [1.807, 2.05) is 23.1 Å². The second-order valence-corrected chi connectivity index (χ2v) is 8.84. The normalized spacial score (nSPS) is 24.6. The number of hydrogen-bond donors (Lipinski definition) is 1. The Bertz CT molecular complexity index is 1040. The third kappa shape index (κ3) is 3.71. The minimum Gasteiger partial charge on any atom is -0.378 e. The fourth-order valence-electron chi connectivity index (χ4n) is 5.35. The minimum atomic E-state index is -0.342. The maximum absolute atomic E-state index is 13.1. The van der Waals surface area contributed by atoms with Gasteiger partial charge in [0.25, 0.3) is 11.6 Å². The van der Waals surface area contributed by atoms with Crippen molar-refractivity contribution in [3.05, 3.63) is 81.4 Å². The fraction of sp³-hybridized carbons (Fsp3) is 0.400. The molecule has 3 aliphatic rings. The lowest BCUT2D eigenvalue weighted by atomic mass is 9.76. The first-order valence-electron chi connectivity index (χ1n) is 11.2. The van der Waals surface area contributed by atoms with Gasteiger partial charge in [-0.15, -0.1) is 0 Å². The standard InChI is InChI=1S/C25H27N3O3/c29-25(27-13-3-1-2-4-14-27)18-11-12-23-22(16-18)20-9-6-10-21(20)24(26-23)17-7-5-8-19(15-17)28(30)31/h5-9,11-12,15-16,20-21,24,26H,1-4,10,13-14H2/t20-,21+,24-/m1/s1. The van der Waals surface area contributed by atoms with Gasteiger partial charge in [-0.05, 0) is 54.5 Å². The van der Waals surface area contributed by atoms with Gasteiger partial charge in [0, 0.05) is 42.4 Å². The van der Waals surface area contributed by atoms with Crippen molar-refractivity contribution in [2.75, 3.05) is 18.4 Å². The molecule has 0 saturated carbocycles. The summed E-state index contributed by atoms with van der Waals surface area (Å²) in [6.07, 6.45) is 9.90. The predicted octanol–water partition coefficient (Wildman–Crippen LogP) is 5.44. The van der Waals surface area contributed by atoms with E-state index in [9.17, 15) is 14.9 Å². The second-order valence-electron chi connectivity index (χ2n) is 8.84. The highest BCUT2D eigenvalue weighted by Gasteiger charge is 2.38. The number of fused-ring (bicyclic) bond motifs is 3. The molecule has 2 heterocycles. The minimum absolute atomic E-state index is 0.000409. The average molecular weight is 418 g/mol. The summed E-state index contributed by atoms with van der Waals surface area (Å²) in [6, 6.07) is 12.9. The van der Waals surface area contributed by atoms with Gasteiger partial charge < -0.3 is 10.2 Å². The number of non-ortho nitro benzene ring substituents is 1. The summed E-state index contributed by atoms with van der Waals surface area (Å²) in [6.45, 7) is 1.68. The van der Waals surface area contributed by atoms with E-state index in [0.717, 1.165) is 54.7 Å². The predicted molar refractivity (Wildman–Crippen MR) is 120 cm³/mol. The van der Waals surface area contributed by atoms with E-state index in [1.54, 1.807) is 12.1 Å². The van der Waals surface area contributed by atoms with Crippen LogP contribution in [0.3, 0.4) is 0 Å². The van der Waals surface area contributed by atoms with Crippen molar-refractivity contribution in [3.8, 4) is 0 Å². The lowest BCUT2D eigenvalue weighted by molar-refractivity contribution is -0.384. The van der Waals surface area contributed by atoms with Gasteiger partial charge in [0.2, 0.25) is 0 Å². The van der Waals surface area contributed by atoms with E-state index in [4.69, 9.17) is 0 Å². The van der Waals surface area contributed by atoms with Crippen molar-refractivity contribution in [1.29, 1.82) is 0 Å². The molecule has 1 N–H and O–H groups in total. The topological polar surface area (TPSA) is 75.5 Å². The number of anilines is 1. The Morgan fingerprint density at radius 1 is 1.06 bits per heavy atom. The number of carbonyl (C=O) groups excluding carboxylic acids is 1. The maximum Gasteiger partial charge on any atom is 0.269 e. The van der Waals surface area contributed by atoms with Crippen molar-refractivity contribution in [2.45, 2.75) is 44.1 Å². The molecule has 1 amide bonds. The van der Waals surface area contributed by atoms with Gasteiger partial charge in [-0.1, -0.05) is 37.1 Å². The molecule has 31 heavy (non-hydrogen) atoms. The number of nitrogens with one attached hydrogen (secondary N) is 1. The number of benzene rings is 2. The summed E-state index contributed by atoms with van der Waals surface area (Å²) in [7, 11) is 0. The summed E-state index contributed by atoms with van der Waals surface area (Å²) < 4.78 is 0. The van der Waals surface area contributed by atoms with Crippen molar-refractivity contribution in [2.24, 2.45) is 5.92 Å². The molecule has 2 aliphatic heterocycles. The first kappa shape index (κ1) is 19.8. The molecule has 6 heteroatoms. The lowest BCUT2D eigenvalue weighted by Gasteiger charge is -2.37. The summed E-state index contributed by atoms with van der Waals surface area (Å²) in [5.74, 6) is 0.611. The number of hydrogen-bond acceptors (Lipinski definition) is 4. The van der Waals surface area contributed by atoms with Crippen LogP contribution in [-0.4, -0.2) is 28.8 Å². The Labute approximate surface area is 182 Å².